The predicted octanol–water partition coefficient (Wildman–Crippen LogP) is 2.43. The normalized spacial score (nSPS) is 15.1. The number of amides is 1. The van der Waals surface area contributed by atoms with Gasteiger partial charge in [-0.15, -0.1) is 11.6 Å². The first-order valence-corrected chi connectivity index (χ1v) is 5.86. The Morgan fingerprint density at radius 1 is 1.62 bits per heavy atom. The number of rotatable bonds is 3. The Bertz CT molecular complexity index is 406. The third-order valence-electron chi connectivity index (χ3n) is 2.64. The van der Waals surface area contributed by atoms with Crippen LogP contribution in [-0.2, 0) is 11.2 Å². The number of ether oxygens (including phenoxy) is 1. The number of anilines is 1. The van der Waals surface area contributed by atoms with Crippen LogP contribution in [0.1, 0.15) is 12.5 Å². The third kappa shape index (κ3) is 2.30. The average molecular weight is 240 g/mol. The van der Waals surface area contributed by atoms with Crippen molar-refractivity contribution in [1.29, 1.82) is 0 Å². The molecule has 1 aliphatic heterocycles. The van der Waals surface area contributed by atoms with Crippen molar-refractivity contribution in [2.75, 3.05) is 17.8 Å². The lowest BCUT2D eigenvalue weighted by Gasteiger charge is -2.10. The Hall–Kier alpha value is -1.22. The largest absolute Gasteiger partial charge is 0.493 e. The lowest BCUT2D eigenvalue weighted by Crippen LogP contribution is -2.21. The molecule has 0 fully saturated rings. The Balaban J connectivity index is 2.08. The topological polar surface area (TPSA) is 38.3 Å². The Labute approximate surface area is 99.7 Å². The molecule has 1 atom stereocenters. The highest BCUT2D eigenvalue weighted by atomic mass is 35.5. The number of hydrogen-bond acceptors (Lipinski definition) is 2. The summed E-state index contributed by atoms with van der Waals surface area (Å²) in [6, 6.07) is 5.70. The number of hydrogen-bond donors (Lipinski definition) is 1. The van der Waals surface area contributed by atoms with Crippen molar-refractivity contribution in [3.63, 3.8) is 0 Å². The van der Waals surface area contributed by atoms with E-state index in [-0.39, 0.29) is 11.8 Å². The molecule has 0 aromatic heterocycles. The second kappa shape index (κ2) is 4.74. The molecule has 16 heavy (non-hydrogen) atoms. The highest BCUT2D eigenvalue weighted by molar-refractivity contribution is 6.19. The first-order valence-electron chi connectivity index (χ1n) is 5.33. The SMILES string of the molecule is CC(CCl)C(=O)Nc1ccc2c(c1)CCO2. The van der Waals surface area contributed by atoms with Gasteiger partial charge in [0.2, 0.25) is 5.91 Å². The summed E-state index contributed by atoms with van der Waals surface area (Å²) in [6.45, 7) is 2.53. The van der Waals surface area contributed by atoms with Crippen molar-refractivity contribution in [1.82, 2.24) is 0 Å². The van der Waals surface area contributed by atoms with E-state index in [0.717, 1.165) is 30.0 Å². The zero-order valence-electron chi connectivity index (χ0n) is 9.13. The summed E-state index contributed by atoms with van der Waals surface area (Å²) in [5.74, 6) is 1.03. The van der Waals surface area contributed by atoms with Crippen LogP contribution in [0.3, 0.4) is 0 Å². The zero-order valence-corrected chi connectivity index (χ0v) is 9.88. The van der Waals surface area contributed by atoms with Crippen molar-refractivity contribution in [2.24, 2.45) is 5.92 Å². The molecular weight excluding hydrogens is 226 g/mol. The highest BCUT2D eigenvalue weighted by Crippen LogP contribution is 2.27. The monoisotopic (exact) mass is 239 g/mol. The van der Waals surface area contributed by atoms with Gasteiger partial charge in [0.25, 0.3) is 0 Å². The lowest BCUT2D eigenvalue weighted by molar-refractivity contribution is -0.118. The molecule has 1 heterocycles. The number of nitrogens with one attached hydrogen (secondary N) is 1. The van der Waals surface area contributed by atoms with Gasteiger partial charge in [-0.3, -0.25) is 4.79 Å². The second-order valence-corrected chi connectivity index (χ2v) is 4.27. The quantitative estimate of drug-likeness (QED) is 0.823. The minimum Gasteiger partial charge on any atom is -0.493 e. The highest BCUT2D eigenvalue weighted by Gasteiger charge is 2.15. The summed E-state index contributed by atoms with van der Waals surface area (Å²) in [4.78, 5) is 11.6. The maximum absolute atomic E-state index is 11.6. The summed E-state index contributed by atoms with van der Waals surface area (Å²) < 4.78 is 5.39. The fraction of sp³-hybridized carbons (Fsp3) is 0.417. The van der Waals surface area contributed by atoms with E-state index in [9.17, 15) is 4.79 Å². The summed E-state index contributed by atoms with van der Waals surface area (Å²) in [6.07, 6.45) is 0.907. The molecule has 1 amide bonds. The number of alkyl halides is 1. The van der Waals surface area contributed by atoms with Crippen LogP contribution in [0.15, 0.2) is 18.2 Å². The Morgan fingerprint density at radius 3 is 3.19 bits per heavy atom. The van der Waals surface area contributed by atoms with Crippen molar-refractivity contribution in [3.05, 3.63) is 23.8 Å². The fourth-order valence-electron chi connectivity index (χ4n) is 1.60. The molecule has 0 aliphatic carbocycles. The van der Waals surface area contributed by atoms with E-state index in [1.165, 1.54) is 0 Å². The molecule has 3 nitrogen and oxygen atoms in total. The number of halogens is 1. The molecule has 0 radical (unpaired) electrons. The van der Waals surface area contributed by atoms with Crippen molar-refractivity contribution in [3.8, 4) is 5.75 Å². The molecule has 0 saturated carbocycles. The van der Waals surface area contributed by atoms with Crippen LogP contribution in [0.4, 0.5) is 5.69 Å². The minimum absolute atomic E-state index is 0.0473. The van der Waals surface area contributed by atoms with Crippen LogP contribution in [0, 0.1) is 5.92 Å². The number of fused-ring (bicyclic) bond motifs is 1. The molecule has 1 N–H and O–H groups in total. The molecular formula is C12H14ClNO2. The van der Waals surface area contributed by atoms with E-state index in [2.05, 4.69) is 5.32 Å². The van der Waals surface area contributed by atoms with E-state index in [1.54, 1.807) is 6.92 Å². The first-order chi connectivity index (χ1) is 7.70. The molecule has 4 heteroatoms. The van der Waals surface area contributed by atoms with Gasteiger partial charge >= 0.3 is 0 Å². The van der Waals surface area contributed by atoms with E-state index in [1.807, 2.05) is 18.2 Å². The van der Waals surface area contributed by atoms with Crippen LogP contribution >= 0.6 is 11.6 Å². The van der Waals surface area contributed by atoms with Crippen molar-refractivity contribution < 1.29 is 9.53 Å². The maximum Gasteiger partial charge on any atom is 0.228 e. The Kier molecular flexibility index (Phi) is 3.34. The van der Waals surface area contributed by atoms with Crippen LogP contribution in [0.2, 0.25) is 0 Å². The molecule has 2 rings (SSSR count). The standard InChI is InChI=1S/C12H14ClNO2/c1-8(7-13)12(15)14-10-2-3-11-9(6-10)4-5-16-11/h2-3,6,8H,4-5,7H2,1H3,(H,14,15). The van der Waals surface area contributed by atoms with Gasteiger partial charge in [-0.1, -0.05) is 6.92 Å². The third-order valence-corrected chi connectivity index (χ3v) is 3.10. The molecule has 0 saturated heterocycles. The van der Waals surface area contributed by atoms with Crippen LogP contribution < -0.4 is 10.1 Å². The molecule has 1 unspecified atom stereocenters. The summed E-state index contributed by atoms with van der Waals surface area (Å²) in [5, 5.41) is 2.84. The van der Waals surface area contributed by atoms with E-state index < -0.39 is 0 Å². The molecule has 86 valence electrons. The van der Waals surface area contributed by atoms with Gasteiger partial charge in [0, 0.05) is 23.9 Å². The van der Waals surface area contributed by atoms with Crippen LogP contribution in [0.25, 0.3) is 0 Å². The van der Waals surface area contributed by atoms with Gasteiger partial charge in [0.15, 0.2) is 0 Å². The van der Waals surface area contributed by atoms with Gasteiger partial charge < -0.3 is 10.1 Å². The van der Waals surface area contributed by atoms with E-state index >= 15 is 0 Å². The number of carbonyl (C=O) groups is 1. The van der Waals surface area contributed by atoms with Crippen LogP contribution in [0.5, 0.6) is 5.75 Å². The number of carbonyl (C=O) groups excluding carboxylic acids is 1. The van der Waals surface area contributed by atoms with Gasteiger partial charge in [0.1, 0.15) is 5.75 Å². The molecule has 0 bridgehead atoms. The predicted molar refractivity (Wildman–Crippen MR) is 64.2 cm³/mol. The molecule has 0 spiro atoms. The van der Waals surface area contributed by atoms with E-state index in [0.29, 0.717) is 5.88 Å². The summed E-state index contributed by atoms with van der Waals surface area (Å²) >= 11 is 5.63. The first kappa shape index (κ1) is 11.3. The Morgan fingerprint density at radius 2 is 2.44 bits per heavy atom. The van der Waals surface area contributed by atoms with Gasteiger partial charge in [-0.2, -0.15) is 0 Å². The minimum atomic E-state index is -0.175. The number of benzene rings is 1. The molecule has 1 aliphatic rings. The van der Waals surface area contributed by atoms with Gasteiger partial charge in [-0.25, -0.2) is 0 Å². The fourth-order valence-corrected chi connectivity index (χ4v) is 1.74. The van der Waals surface area contributed by atoms with Gasteiger partial charge in [0.05, 0.1) is 6.61 Å². The molecule has 1 aromatic rings. The smallest absolute Gasteiger partial charge is 0.228 e. The van der Waals surface area contributed by atoms with Crippen molar-refractivity contribution in [2.45, 2.75) is 13.3 Å². The zero-order chi connectivity index (χ0) is 11.5. The summed E-state index contributed by atoms with van der Waals surface area (Å²) in [5.41, 5.74) is 1.96. The van der Waals surface area contributed by atoms with Gasteiger partial charge in [-0.05, 0) is 23.8 Å². The van der Waals surface area contributed by atoms with E-state index in [4.69, 9.17) is 16.3 Å². The summed E-state index contributed by atoms with van der Waals surface area (Å²) in [7, 11) is 0. The second-order valence-electron chi connectivity index (χ2n) is 3.97. The average Bonchev–Trinajstić information content (AvgIpc) is 2.75. The lowest BCUT2D eigenvalue weighted by atomic mass is 10.1. The molecule has 1 aromatic carbocycles. The van der Waals surface area contributed by atoms with Crippen LogP contribution in [-0.4, -0.2) is 18.4 Å². The maximum atomic E-state index is 11.6. The van der Waals surface area contributed by atoms with Crippen molar-refractivity contribution >= 4 is 23.2 Å².